The molecule has 5 rings (SSSR count). The topological polar surface area (TPSA) is 120 Å². The molecule has 2 aromatic heterocycles. The van der Waals surface area contributed by atoms with Gasteiger partial charge in [-0.3, -0.25) is 19.0 Å². The van der Waals surface area contributed by atoms with Crippen LogP contribution in [0.3, 0.4) is 0 Å². The summed E-state index contributed by atoms with van der Waals surface area (Å²) < 4.78 is 3.82. The number of halogens is 1. The van der Waals surface area contributed by atoms with Crippen molar-refractivity contribution >= 4 is 45.8 Å². The fraction of sp³-hybridized carbons (Fsp3) is 0.292. The highest BCUT2D eigenvalue weighted by atomic mass is 35.5. The molecule has 1 fully saturated rings. The minimum atomic E-state index is -0.581. The van der Waals surface area contributed by atoms with Crippen LogP contribution in [0.5, 0.6) is 0 Å². The maximum absolute atomic E-state index is 13.4. The van der Waals surface area contributed by atoms with Gasteiger partial charge in [0, 0.05) is 28.4 Å². The molecule has 35 heavy (non-hydrogen) atoms. The van der Waals surface area contributed by atoms with Crippen LogP contribution in [0.25, 0.3) is 16.7 Å². The fourth-order valence-electron chi connectivity index (χ4n) is 4.04. The molecule has 4 aromatic rings. The second-order valence-electron chi connectivity index (χ2n) is 8.90. The van der Waals surface area contributed by atoms with Crippen molar-refractivity contribution in [3.63, 3.8) is 0 Å². The molecule has 0 radical (unpaired) electrons. The van der Waals surface area contributed by atoms with Crippen LogP contribution >= 0.6 is 11.6 Å². The molecule has 1 aliphatic rings. The van der Waals surface area contributed by atoms with E-state index >= 15 is 0 Å². The lowest BCUT2D eigenvalue weighted by Gasteiger charge is -2.11. The number of nitrogens with one attached hydrogen (secondary N) is 2. The Morgan fingerprint density at radius 1 is 1.14 bits per heavy atom. The number of benzene rings is 2. The van der Waals surface area contributed by atoms with Crippen LogP contribution in [-0.4, -0.2) is 36.6 Å². The molecule has 1 aliphatic carbocycles. The molecule has 0 aliphatic heterocycles. The number of rotatable bonds is 6. The lowest BCUT2D eigenvalue weighted by atomic mass is 10.1. The van der Waals surface area contributed by atoms with Crippen LogP contribution in [0.4, 0.5) is 5.69 Å². The predicted octanol–water partition coefficient (Wildman–Crippen LogP) is 2.58. The Morgan fingerprint density at radius 3 is 2.60 bits per heavy atom. The number of carbonyl (C=O) groups excluding carboxylic acids is 2. The van der Waals surface area contributed by atoms with Gasteiger partial charge in [0.25, 0.3) is 11.5 Å². The van der Waals surface area contributed by atoms with Crippen LogP contribution in [0, 0.1) is 0 Å². The maximum Gasteiger partial charge on any atom is 0.352 e. The number of aromatic nitrogens is 4. The summed E-state index contributed by atoms with van der Waals surface area (Å²) >= 11 is 5.97. The molecule has 2 N–H and O–H groups in total. The molecule has 2 heterocycles. The van der Waals surface area contributed by atoms with Gasteiger partial charge in [-0.15, -0.1) is 5.10 Å². The molecule has 180 valence electrons. The monoisotopic (exact) mass is 494 g/mol. The second kappa shape index (κ2) is 8.70. The van der Waals surface area contributed by atoms with Crippen molar-refractivity contribution in [3.05, 3.63) is 73.9 Å². The van der Waals surface area contributed by atoms with E-state index in [1.165, 1.54) is 15.0 Å². The highest BCUT2D eigenvalue weighted by Crippen LogP contribution is 2.35. The predicted molar refractivity (Wildman–Crippen MR) is 132 cm³/mol. The molecule has 0 atom stereocenters. The van der Waals surface area contributed by atoms with Gasteiger partial charge in [0.1, 0.15) is 6.54 Å². The van der Waals surface area contributed by atoms with E-state index in [1.54, 1.807) is 36.4 Å². The van der Waals surface area contributed by atoms with Crippen LogP contribution in [0.15, 0.2) is 52.1 Å². The molecule has 2 aromatic carbocycles. The number of hydrogen-bond acceptors (Lipinski definition) is 5. The highest BCUT2D eigenvalue weighted by molar-refractivity contribution is 6.30. The van der Waals surface area contributed by atoms with Crippen molar-refractivity contribution in [2.75, 3.05) is 5.32 Å². The molecular weight excluding hydrogens is 472 g/mol. The minimum absolute atomic E-state index is 0.0612. The lowest BCUT2D eigenvalue weighted by molar-refractivity contribution is -0.117. The second-order valence-corrected chi connectivity index (χ2v) is 9.34. The lowest BCUT2D eigenvalue weighted by Crippen LogP contribution is -2.31. The SMILES string of the molecule is CC(C)NC(=O)c1ccc2c(=O)n(C3CC3)c3nn(CC(=O)Nc4cccc(Cl)c4)c(=O)n3c2c1. The van der Waals surface area contributed by atoms with Gasteiger partial charge in [-0.1, -0.05) is 17.7 Å². The van der Waals surface area contributed by atoms with E-state index in [1.807, 2.05) is 13.8 Å². The van der Waals surface area contributed by atoms with E-state index in [2.05, 4.69) is 15.7 Å². The van der Waals surface area contributed by atoms with Crippen molar-refractivity contribution in [2.24, 2.45) is 0 Å². The Hall–Kier alpha value is -3.92. The van der Waals surface area contributed by atoms with E-state index in [9.17, 15) is 19.2 Å². The summed E-state index contributed by atoms with van der Waals surface area (Å²) in [5.74, 6) is -0.644. The largest absolute Gasteiger partial charge is 0.352 e. The molecular formula is C24H23ClN6O4. The zero-order valence-electron chi connectivity index (χ0n) is 19.1. The summed E-state index contributed by atoms with van der Waals surface area (Å²) in [6, 6.07) is 11.1. The van der Waals surface area contributed by atoms with Gasteiger partial charge < -0.3 is 10.6 Å². The van der Waals surface area contributed by atoms with Gasteiger partial charge >= 0.3 is 5.69 Å². The van der Waals surface area contributed by atoms with E-state index in [4.69, 9.17) is 11.6 Å². The van der Waals surface area contributed by atoms with Gasteiger partial charge in [-0.05, 0) is 63.1 Å². The third-order valence-electron chi connectivity index (χ3n) is 5.72. The number of nitrogens with zero attached hydrogens (tertiary/aromatic N) is 4. The maximum atomic E-state index is 13.4. The summed E-state index contributed by atoms with van der Waals surface area (Å²) in [7, 11) is 0. The smallest absolute Gasteiger partial charge is 0.350 e. The van der Waals surface area contributed by atoms with Crippen molar-refractivity contribution in [1.82, 2.24) is 24.1 Å². The number of anilines is 1. The minimum Gasteiger partial charge on any atom is -0.350 e. The summed E-state index contributed by atoms with van der Waals surface area (Å²) in [6.07, 6.45) is 1.60. The zero-order valence-corrected chi connectivity index (χ0v) is 19.9. The molecule has 0 bridgehead atoms. The Bertz CT molecular complexity index is 1610. The number of carbonyl (C=O) groups is 2. The average molecular weight is 495 g/mol. The summed E-state index contributed by atoms with van der Waals surface area (Å²) in [6.45, 7) is 3.32. The summed E-state index contributed by atoms with van der Waals surface area (Å²) in [5, 5.41) is 10.6. The van der Waals surface area contributed by atoms with Crippen molar-refractivity contribution in [3.8, 4) is 0 Å². The first kappa shape index (κ1) is 22.9. The van der Waals surface area contributed by atoms with Crippen molar-refractivity contribution in [2.45, 2.75) is 45.3 Å². The number of hydrogen-bond donors (Lipinski definition) is 2. The number of amides is 2. The van der Waals surface area contributed by atoms with Gasteiger partial charge in [0.2, 0.25) is 11.7 Å². The standard InChI is InChI=1S/C24H23ClN6O4/c1-13(2)26-21(33)14-6-9-18-19(10-14)31-23(30(22(18)34)17-7-8-17)28-29(24(31)35)12-20(32)27-16-5-3-4-15(25)11-16/h3-6,9-11,13,17H,7-8,12H2,1-2H3,(H,26,33)(H,27,32). The molecule has 10 nitrogen and oxygen atoms in total. The van der Waals surface area contributed by atoms with Gasteiger partial charge in [-0.25, -0.2) is 13.9 Å². The molecule has 1 saturated carbocycles. The highest BCUT2D eigenvalue weighted by Gasteiger charge is 2.30. The first-order chi connectivity index (χ1) is 16.7. The average Bonchev–Trinajstić information content (AvgIpc) is 3.57. The van der Waals surface area contributed by atoms with Crippen LogP contribution < -0.4 is 21.9 Å². The molecule has 2 amide bonds. The Balaban J connectivity index is 1.62. The fourth-order valence-corrected chi connectivity index (χ4v) is 4.23. The van der Waals surface area contributed by atoms with Crippen LogP contribution in [-0.2, 0) is 11.3 Å². The van der Waals surface area contributed by atoms with Gasteiger partial charge in [-0.2, -0.15) is 0 Å². The van der Waals surface area contributed by atoms with Crippen molar-refractivity contribution in [1.29, 1.82) is 0 Å². The molecule has 0 saturated heterocycles. The molecule has 11 heteroatoms. The van der Waals surface area contributed by atoms with E-state index < -0.39 is 11.6 Å². The van der Waals surface area contributed by atoms with Gasteiger partial charge in [0.15, 0.2) is 0 Å². The van der Waals surface area contributed by atoms with E-state index in [0.717, 1.165) is 17.5 Å². The Morgan fingerprint density at radius 2 is 1.91 bits per heavy atom. The number of fused-ring (bicyclic) bond motifs is 3. The van der Waals surface area contributed by atoms with E-state index in [0.29, 0.717) is 21.7 Å². The van der Waals surface area contributed by atoms with Crippen LogP contribution in [0.2, 0.25) is 5.02 Å². The molecule has 0 unspecified atom stereocenters. The third-order valence-corrected chi connectivity index (χ3v) is 5.96. The first-order valence-electron chi connectivity index (χ1n) is 11.3. The quantitative estimate of drug-likeness (QED) is 0.427. The van der Waals surface area contributed by atoms with Crippen LogP contribution in [0.1, 0.15) is 43.1 Å². The third kappa shape index (κ3) is 4.32. The molecule has 0 spiro atoms. The zero-order chi connectivity index (χ0) is 24.9. The van der Waals surface area contributed by atoms with Crippen molar-refractivity contribution < 1.29 is 9.59 Å². The van der Waals surface area contributed by atoms with E-state index in [-0.39, 0.29) is 41.4 Å². The summed E-state index contributed by atoms with van der Waals surface area (Å²) in [4.78, 5) is 51.9. The van der Waals surface area contributed by atoms with Gasteiger partial charge in [0.05, 0.1) is 10.9 Å². The first-order valence-corrected chi connectivity index (χ1v) is 11.6. The Labute approximate surface area is 204 Å². The normalized spacial score (nSPS) is 13.5. The Kier molecular flexibility index (Phi) is 5.68. The summed E-state index contributed by atoms with van der Waals surface area (Å²) in [5.41, 5.74) is 0.202.